The van der Waals surface area contributed by atoms with Crippen molar-refractivity contribution >= 4 is 0 Å². The van der Waals surface area contributed by atoms with Gasteiger partial charge in [-0.2, -0.15) is 0 Å². The lowest BCUT2D eigenvalue weighted by Crippen LogP contribution is -2.11. The Morgan fingerprint density at radius 1 is 1.33 bits per heavy atom. The van der Waals surface area contributed by atoms with Crippen molar-refractivity contribution in [3.05, 3.63) is 12.3 Å². The first-order valence-corrected chi connectivity index (χ1v) is 5.85. The molecule has 1 atom stereocenters. The van der Waals surface area contributed by atoms with Crippen LogP contribution in [0.4, 0.5) is 0 Å². The van der Waals surface area contributed by atoms with Gasteiger partial charge in [-0.05, 0) is 18.4 Å². The molecular weight excluding hydrogens is 190 g/mol. The fraction of sp³-hybridized carbons (Fsp3) is 0.833. The van der Waals surface area contributed by atoms with Crippen molar-refractivity contribution < 1.29 is 10.9 Å². The van der Waals surface area contributed by atoms with E-state index in [1.54, 1.807) is 6.26 Å². The van der Waals surface area contributed by atoms with E-state index in [2.05, 4.69) is 19.9 Å². The summed E-state index contributed by atoms with van der Waals surface area (Å²) >= 11 is 0. The summed E-state index contributed by atoms with van der Waals surface area (Å²) in [6, 6.07) is 0. The summed E-state index contributed by atoms with van der Waals surface area (Å²) in [6.07, 6.45) is 7.49. The fourth-order valence-corrected chi connectivity index (χ4v) is 1.33. The highest BCUT2D eigenvalue weighted by Crippen LogP contribution is 2.09. The maximum absolute atomic E-state index is 5.27. The minimum atomic E-state index is 0. The smallest absolute Gasteiger partial charge is 0.111 e. The van der Waals surface area contributed by atoms with Crippen molar-refractivity contribution in [1.82, 2.24) is 0 Å². The first-order valence-electron chi connectivity index (χ1n) is 5.85. The Morgan fingerprint density at radius 3 is 2.80 bits per heavy atom. The van der Waals surface area contributed by atoms with E-state index in [1.165, 1.54) is 12.8 Å². The van der Waals surface area contributed by atoms with Crippen LogP contribution in [0.15, 0.2) is 12.3 Å². The highest BCUT2D eigenvalue weighted by Gasteiger charge is 1.96. The van der Waals surface area contributed by atoms with E-state index in [-0.39, 0.29) is 1.43 Å². The van der Waals surface area contributed by atoms with Crippen LogP contribution >= 0.6 is 0 Å². The molecule has 0 spiro atoms. The Bertz CT molecular complexity index is 154. The number of ether oxygens (including phenoxy) is 2. The van der Waals surface area contributed by atoms with Crippen LogP contribution in [-0.2, 0) is 9.47 Å². The zero-order chi connectivity index (χ0) is 11.4. The van der Waals surface area contributed by atoms with Crippen molar-refractivity contribution in [3.63, 3.8) is 0 Å². The van der Waals surface area contributed by atoms with Gasteiger partial charge in [0.15, 0.2) is 0 Å². The molecule has 0 aliphatic carbocycles. The lowest BCUT2D eigenvalue weighted by atomic mass is 10.0. The van der Waals surface area contributed by atoms with E-state index in [1.807, 2.05) is 0 Å². The highest BCUT2D eigenvalue weighted by molar-refractivity contribution is 4.76. The van der Waals surface area contributed by atoms with Crippen molar-refractivity contribution in [2.75, 3.05) is 26.4 Å². The SMILES string of the molecule is CCCC(C)C/C=C/OCCOCCN.[HH]. The molecule has 0 fully saturated rings. The van der Waals surface area contributed by atoms with Crippen LogP contribution in [0.2, 0.25) is 0 Å². The summed E-state index contributed by atoms with van der Waals surface area (Å²) in [5.41, 5.74) is 5.27. The average molecular weight is 217 g/mol. The minimum Gasteiger partial charge on any atom is -0.499 e. The summed E-state index contributed by atoms with van der Waals surface area (Å²) in [4.78, 5) is 0. The first-order chi connectivity index (χ1) is 7.31. The van der Waals surface area contributed by atoms with Gasteiger partial charge in [-0.3, -0.25) is 0 Å². The third-order valence-electron chi connectivity index (χ3n) is 2.12. The molecule has 2 N–H and O–H groups in total. The molecule has 0 radical (unpaired) electrons. The molecule has 0 aliphatic rings. The molecule has 3 heteroatoms. The molecule has 1 unspecified atom stereocenters. The Morgan fingerprint density at radius 2 is 2.13 bits per heavy atom. The molecule has 0 bridgehead atoms. The molecule has 0 aliphatic heterocycles. The Balaban J connectivity index is 0. The van der Waals surface area contributed by atoms with E-state index >= 15 is 0 Å². The molecule has 3 nitrogen and oxygen atoms in total. The topological polar surface area (TPSA) is 44.5 Å². The van der Waals surface area contributed by atoms with Crippen LogP contribution in [0, 0.1) is 5.92 Å². The summed E-state index contributed by atoms with van der Waals surface area (Å²) in [5, 5.41) is 0. The van der Waals surface area contributed by atoms with Crippen LogP contribution in [0.5, 0.6) is 0 Å². The monoisotopic (exact) mass is 217 g/mol. The van der Waals surface area contributed by atoms with Gasteiger partial charge in [0.1, 0.15) is 6.61 Å². The Hall–Kier alpha value is -0.540. The zero-order valence-corrected chi connectivity index (χ0v) is 10.1. The second kappa shape index (κ2) is 11.5. The van der Waals surface area contributed by atoms with Gasteiger partial charge in [0.25, 0.3) is 0 Å². The highest BCUT2D eigenvalue weighted by atomic mass is 16.5. The molecular formula is C12H27NO2. The lowest BCUT2D eigenvalue weighted by Gasteiger charge is -2.05. The quantitative estimate of drug-likeness (QED) is 0.452. The number of hydrogen-bond acceptors (Lipinski definition) is 3. The summed E-state index contributed by atoms with van der Waals surface area (Å²) < 4.78 is 10.4. The van der Waals surface area contributed by atoms with Gasteiger partial charge >= 0.3 is 0 Å². The normalized spacial score (nSPS) is 13.3. The second-order valence-corrected chi connectivity index (χ2v) is 3.77. The number of allylic oxidation sites excluding steroid dienone is 1. The molecule has 0 rings (SSSR count). The molecule has 15 heavy (non-hydrogen) atoms. The van der Waals surface area contributed by atoms with Crippen LogP contribution in [0.1, 0.15) is 34.5 Å². The number of hydrogen-bond donors (Lipinski definition) is 1. The summed E-state index contributed by atoms with van der Waals surface area (Å²) in [7, 11) is 0. The molecule has 92 valence electrons. The van der Waals surface area contributed by atoms with Gasteiger partial charge in [-0.25, -0.2) is 0 Å². The molecule has 0 aromatic carbocycles. The van der Waals surface area contributed by atoms with Crippen molar-refractivity contribution in [3.8, 4) is 0 Å². The van der Waals surface area contributed by atoms with Gasteiger partial charge in [0.2, 0.25) is 0 Å². The van der Waals surface area contributed by atoms with E-state index in [0.29, 0.717) is 26.4 Å². The van der Waals surface area contributed by atoms with Crippen LogP contribution < -0.4 is 5.73 Å². The second-order valence-electron chi connectivity index (χ2n) is 3.77. The van der Waals surface area contributed by atoms with Gasteiger partial charge < -0.3 is 15.2 Å². The molecule has 0 saturated carbocycles. The van der Waals surface area contributed by atoms with Crippen LogP contribution in [0.25, 0.3) is 0 Å². The third-order valence-corrected chi connectivity index (χ3v) is 2.12. The van der Waals surface area contributed by atoms with Crippen molar-refractivity contribution in [2.24, 2.45) is 11.7 Å². The average Bonchev–Trinajstić information content (AvgIpc) is 2.22. The summed E-state index contributed by atoms with van der Waals surface area (Å²) in [6.45, 7) is 6.89. The minimum absolute atomic E-state index is 0. The maximum Gasteiger partial charge on any atom is 0.111 e. The fourth-order valence-electron chi connectivity index (χ4n) is 1.33. The standard InChI is InChI=1S/C12H25NO2.H2/c1-3-5-12(2)6-4-8-14-10-11-15-9-7-13;/h4,8,12H,3,5-7,9-11,13H2,1-2H3;1H/b8-4+;. The molecule has 0 aromatic heterocycles. The van der Waals surface area contributed by atoms with Crippen LogP contribution in [0.3, 0.4) is 0 Å². The Labute approximate surface area is 95.1 Å². The van der Waals surface area contributed by atoms with Crippen LogP contribution in [-0.4, -0.2) is 26.4 Å². The molecule has 0 saturated heterocycles. The largest absolute Gasteiger partial charge is 0.499 e. The summed E-state index contributed by atoms with van der Waals surface area (Å²) in [5.74, 6) is 0.753. The number of rotatable bonds is 10. The van der Waals surface area contributed by atoms with E-state index < -0.39 is 0 Å². The van der Waals surface area contributed by atoms with E-state index in [0.717, 1.165) is 12.3 Å². The predicted octanol–water partition coefficient (Wildman–Crippen LogP) is 2.56. The van der Waals surface area contributed by atoms with E-state index in [4.69, 9.17) is 15.2 Å². The predicted molar refractivity (Wildman–Crippen MR) is 65.8 cm³/mol. The van der Waals surface area contributed by atoms with Gasteiger partial charge in [-0.1, -0.05) is 26.7 Å². The van der Waals surface area contributed by atoms with Crippen molar-refractivity contribution in [1.29, 1.82) is 0 Å². The Kier molecular flexibility index (Phi) is 11.1. The molecule has 0 amide bonds. The lowest BCUT2D eigenvalue weighted by molar-refractivity contribution is 0.0894. The third kappa shape index (κ3) is 11.4. The zero-order valence-electron chi connectivity index (χ0n) is 10.1. The molecule has 0 aromatic rings. The van der Waals surface area contributed by atoms with Gasteiger partial charge in [-0.15, -0.1) is 0 Å². The maximum atomic E-state index is 5.27. The van der Waals surface area contributed by atoms with Gasteiger partial charge in [0.05, 0.1) is 19.5 Å². The first kappa shape index (κ1) is 14.5. The number of nitrogens with two attached hydrogens (primary N) is 1. The van der Waals surface area contributed by atoms with E-state index in [9.17, 15) is 0 Å². The molecule has 0 heterocycles. The van der Waals surface area contributed by atoms with Crippen molar-refractivity contribution in [2.45, 2.75) is 33.1 Å². The van der Waals surface area contributed by atoms with Gasteiger partial charge in [0, 0.05) is 7.97 Å².